The van der Waals surface area contributed by atoms with Crippen LogP contribution in [0.15, 0.2) is 17.7 Å². The average molecular weight is 383 g/mol. The van der Waals surface area contributed by atoms with E-state index in [0.717, 1.165) is 17.7 Å². The number of anilines is 1. The van der Waals surface area contributed by atoms with Crippen molar-refractivity contribution in [3.8, 4) is 0 Å². The van der Waals surface area contributed by atoms with Gasteiger partial charge in [0.25, 0.3) is 0 Å². The molecule has 0 unspecified atom stereocenters. The zero-order chi connectivity index (χ0) is 18.4. The van der Waals surface area contributed by atoms with E-state index in [1.807, 2.05) is 22.7 Å². The van der Waals surface area contributed by atoms with E-state index in [-0.39, 0.29) is 5.41 Å². The van der Waals surface area contributed by atoms with E-state index in [1.54, 1.807) is 4.52 Å². The van der Waals surface area contributed by atoms with Gasteiger partial charge in [-0.15, -0.1) is 11.3 Å². The lowest BCUT2D eigenvalue weighted by atomic mass is 9.94. The number of hydrogen-bond donors (Lipinski definition) is 1. The number of primary amides is 1. The predicted molar refractivity (Wildman–Crippen MR) is 99.9 cm³/mol. The lowest BCUT2D eigenvalue weighted by Crippen LogP contribution is -2.51. The second-order valence-electron chi connectivity index (χ2n) is 6.97. The summed E-state index contributed by atoms with van der Waals surface area (Å²) >= 11 is 2.68. The monoisotopic (exact) mass is 382 g/mol. The van der Waals surface area contributed by atoms with Gasteiger partial charge in [-0.25, -0.2) is 9.59 Å². The van der Waals surface area contributed by atoms with Gasteiger partial charge in [0, 0.05) is 22.5 Å². The number of amides is 2. The minimum atomic E-state index is -0.648. The molecule has 2 N–H and O–H groups in total. The molecule has 0 spiro atoms. The van der Waals surface area contributed by atoms with Crippen LogP contribution >= 0.6 is 23.3 Å². The smallest absolute Gasteiger partial charge is 0.350 e. The molecule has 136 valence electrons. The third-order valence-electron chi connectivity index (χ3n) is 3.92. The fraction of sp³-hybridized carbons (Fsp3) is 0.500. The van der Waals surface area contributed by atoms with Crippen LogP contribution in [-0.4, -0.2) is 34.7 Å². The minimum Gasteiger partial charge on any atom is -0.465 e. The molecule has 0 atom stereocenters. The van der Waals surface area contributed by atoms with E-state index in [1.165, 1.54) is 35.4 Å². The average Bonchev–Trinajstić information content (AvgIpc) is 3.09. The molecule has 1 saturated carbocycles. The van der Waals surface area contributed by atoms with Crippen LogP contribution in [0.4, 0.5) is 10.5 Å². The molecule has 1 aliphatic carbocycles. The highest BCUT2D eigenvalue weighted by Crippen LogP contribution is 2.42. The molecule has 1 aromatic rings. The number of carbonyl (C=O) groups is 2. The lowest BCUT2D eigenvalue weighted by molar-refractivity contribution is 0.0605. The van der Waals surface area contributed by atoms with Crippen LogP contribution in [-0.2, 0) is 10.2 Å². The first kappa shape index (κ1) is 18.1. The Kier molecular flexibility index (Phi) is 4.74. The zero-order valence-electron chi connectivity index (χ0n) is 14.7. The van der Waals surface area contributed by atoms with Crippen molar-refractivity contribution in [2.45, 2.75) is 45.1 Å². The summed E-state index contributed by atoms with van der Waals surface area (Å²) in [7, 11) is 1.33. The van der Waals surface area contributed by atoms with Crippen molar-refractivity contribution in [2.75, 3.05) is 12.1 Å². The van der Waals surface area contributed by atoms with E-state index in [4.69, 9.17) is 10.5 Å². The summed E-state index contributed by atoms with van der Waals surface area (Å²) in [6.07, 6.45) is 4.05. The summed E-state index contributed by atoms with van der Waals surface area (Å²) < 4.78 is 6.63. The Labute approximate surface area is 155 Å². The third kappa shape index (κ3) is 3.49. The number of nitrogens with zero attached hydrogens (tertiary/aromatic N) is 3. The van der Waals surface area contributed by atoms with Crippen molar-refractivity contribution >= 4 is 41.0 Å². The van der Waals surface area contributed by atoms with Gasteiger partial charge in [0.1, 0.15) is 4.88 Å². The van der Waals surface area contributed by atoms with Crippen LogP contribution < -0.4 is 10.7 Å². The first-order valence-corrected chi connectivity index (χ1v) is 9.63. The number of esters is 1. The van der Waals surface area contributed by atoms with Crippen LogP contribution in [0, 0.1) is 0 Å². The van der Waals surface area contributed by atoms with Gasteiger partial charge in [-0.1, -0.05) is 25.3 Å². The fourth-order valence-corrected chi connectivity index (χ4v) is 4.41. The number of urea groups is 1. The molecular formula is C16H22N4O3S2. The molecule has 0 aromatic carbocycles. The number of thiophene rings is 1. The summed E-state index contributed by atoms with van der Waals surface area (Å²) in [5.74, 6) is -0.475. The van der Waals surface area contributed by atoms with Crippen molar-refractivity contribution in [1.29, 1.82) is 0 Å². The van der Waals surface area contributed by atoms with Crippen molar-refractivity contribution in [2.24, 2.45) is 5.73 Å². The summed E-state index contributed by atoms with van der Waals surface area (Å²) in [6.45, 7) is 6.17. The topological polar surface area (TPSA) is 79.1 Å². The van der Waals surface area contributed by atoms with Gasteiger partial charge in [0.05, 0.1) is 12.8 Å². The second kappa shape index (κ2) is 6.54. The standard InChI is InChI=1S/C16H22N4O3S2/c1-16(2,3)12-9-11(13(25-12)14(21)23-4)19(15(17)22)20-18(7-8-24-20)10-5-6-10/h7-10H,5-6H2,1-4H3,(H2,17,22). The van der Waals surface area contributed by atoms with Gasteiger partial charge in [-0.3, -0.25) is 5.01 Å². The maximum atomic E-state index is 12.3. The molecule has 1 aliphatic heterocycles. The largest absolute Gasteiger partial charge is 0.465 e. The highest BCUT2D eigenvalue weighted by molar-refractivity contribution is 8.00. The van der Waals surface area contributed by atoms with Crippen molar-refractivity contribution in [3.05, 3.63) is 27.4 Å². The number of ether oxygens (including phenoxy) is 1. The molecule has 2 aliphatic rings. The van der Waals surface area contributed by atoms with Crippen LogP contribution in [0.3, 0.4) is 0 Å². The summed E-state index contributed by atoms with van der Waals surface area (Å²) in [6, 6.07) is 1.56. The molecule has 3 rings (SSSR count). The zero-order valence-corrected chi connectivity index (χ0v) is 16.3. The van der Waals surface area contributed by atoms with E-state index in [2.05, 4.69) is 20.8 Å². The molecule has 9 heteroatoms. The van der Waals surface area contributed by atoms with E-state index < -0.39 is 12.0 Å². The molecule has 25 heavy (non-hydrogen) atoms. The molecular weight excluding hydrogens is 360 g/mol. The Morgan fingerprint density at radius 3 is 2.56 bits per heavy atom. The number of methoxy groups -OCH3 is 1. The summed E-state index contributed by atoms with van der Waals surface area (Å²) in [5, 5.41) is 5.22. The first-order valence-electron chi connectivity index (χ1n) is 7.98. The molecule has 7 nitrogen and oxygen atoms in total. The summed E-state index contributed by atoms with van der Waals surface area (Å²) in [4.78, 5) is 25.9. The Balaban J connectivity index is 2.05. The number of nitrogens with two attached hydrogens (primary N) is 1. The van der Waals surface area contributed by atoms with Gasteiger partial charge >= 0.3 is 12.0 Å². The lowest BCUT2D eigenvalue weighted by Gasteiger charge is -2.35. The molecule has 0 radical (unpaired) electrons. The fourth-order valence-electron chi connectivity index (χ4n) is 2.45. The van der Waals surface area contributed by atoms with Crippen LogP contribution in [0.25, 0.3) is 0 Å². The maximum Gasteiger partial charge on any atom is 0.350 e. The molecule has 0 bridgehead atoms. The molecule has 0 saturated heterocycles. The SMILES string of the molecule is COC(=O)c1sc(C(C)(C)C)cc1N(C(N)=O)N1SC=CN1C1CC1. The number of carbonyl (C=O) groups excluding carboxylic acids is 2. The van der Waals surface area contributed by atoms with Crippen LogP contribution in [0.1, 0.15) is 48.2 Å². The second-order valence-corrected chi connectivity index (χ2v) is 8.83. The van der Waals surface area contributed by atoms with Crippen LogP contribution in [0.2, 0.25) is 0 Å². The number of hydrogen-bond acceptors (Lipinski definition) is 7. The number of rotatable bonds is 4. The Hall–Kier alpha value is -1.71. The number of hydrazine groups is 2. The molecule has 2 heterocycles. The van der Waals surface area contributed by atoms with Gasteiger partial charge in [0.2, 0.25) is 0 Å². The summed E-state index contributed by atoms with van der Waals surface area (Å²) in [5.41, 5.74) is 5.98. The highest BCUT2D eigenvalue weighted by atomic mass is 32.2. The van der Waals surface area contributed by atoms with Gasteiger partial charge in [-0.2, -0.15) is 5.01 Å². The molecule has 1 aromatic heterocycles. The van der Waals surface area contributed by atoms with E-state index >= 15 is 0 Å². The Morgan fingerprint density at radius 1 is 1.36 bits per heavy atom. The van der Waals surface area contributed by atoms with Gasteiger partial charge < -0.3 is 10.5 Å². The van der Waals surface area contributed by atoms with Crippen LogP contribution in [0.5, 0.6) is 0 Å². The normalized spacial score (nSPS) is 17.8. The van der Waals surface area contributed by atoms with E-state index in [0.29, 0.717) is 16.6 Å². The first-order chi connectivity index (χ1) is 11.7. The highest BCUT2D eigenvalue weighted by Gasteiger charge is 2.40. The van der Waals surface area contributed by atoms with Crippen molar-refractivity contribution < 1.29 is 14.3 Å². The molecule has 2 amide bonds. The molecule has 1 fully saturated rings. The minimum absolute atomic E-state index is 0.165. The quantitative estimate of drug-likeness (QED) is 0.635. The third-order valence-corrected chi connectivity index (χ3v) is 6.23. The predicted octanol–water partition coefficient (Wildman–Crippen LogP) is 3.45. The van der Waals surface area contributed by atoms with Gasteiger partial charge in [0.15, 0.2) is 0 Å². The maximum absolute atomic E-state index is 12.3. The Morgan fingerprint density at radius 2 is 2.04 bits per heavy atom. The van der Waals surface area contributed by atoms with Gasteiger partial charge in [-0.05, 0) is 36.3 Å². The van der Waals surface area contributed by atoms with Crippen molar-refractivity contribution in [1.82, 2.24) is 9.53 Å². The van der Waals surface area contributed by atoms with Crippen molar-refractivity contribution in [3.63, 3.8) is 0 Å². The van der Waals surface area contributed by atoms with E-state index in [9.17, 15) is 9.59 Å². The Bertz CT molecular complexity index is 721.